The van der Waals surface area contributed by atoms with Crippen molar-refractivity contribution >= 4 is 22.9 Å². The lowest BCUT2D eigenvalue weighted by molar-refractivity contribution is -0.671. The van der Waals surface area contributed by atoms with Crippen molar-refractivity contribution in [3.05, 3.63) is 59.4 Å². The van der Waals surface area contributed by atoms with E-state index in [4.69, 9.17) is 19.5 Å². The van der Waals surface area contributed by atoms with Crippen LogP contribution in [0.4, 0.5) is 0 Å². The number of nitriles is 1. The SMILES string of the molecule is COc1cc2cc[n+](C)c(C=Cc3ccc(C#N)cc3)c2c(OC)c1OC.[I-]. The first-order chi connectivity index (χ1) is 13.1. The summed E-state index contributed by atoms with van der Waals surface area (Å²) >= 11 is 0. The first-order valence-electron chi connectivity index (χ1n) is 8.42. The van der Waals surface area contributed by atoms with E-state index in [0.717, 1.165) is 22.0 Å². The van der Waals surface area contributed by atoms with E-state index >= 15 is 0 Å². The maximum absolute atomic E-state index is 8.93. The number of halogens is 1. The monoisotopic (exact) mass is 488 g/mol. The molecule has 5 nitrogen and oxygen atoms in total. The van der Waals surface area contributed by atoms with Crippen molar-refractivity contribution in [3.63, 3.8) is 0 Å². The second-order valence-electron chi connectivity index (χ2n) is 5.99. The molecule has 1 aromatic heterocycles. The molecule has 0 saturated heterocycles. The van der Waals surface area contributed by atoms with Gasteiger partial charge in [-0.25, -0.2) is 4.57 Å². The van der Waals surface area contributed by atoms with E-state index in [2.05, 4.69) is 6.07 Å². The molecule has 3 aromatic rings. The maximum Gasteiger partial charge on any atom is 0.216 e. The van der Waals surface area contributed by atoms with Crippen LogP contribution in [0.3, 0.4) is 0 Å². The molecule has 6 heteroatoms. The third-order valence-electron chi connectivity index (χ3n) is 4.45. The van der Waals surface area contributed by atoms with Crippen molar-refractivity contribution in [2.45, 2.75) is 0 Å². The van der Waals surface area contributed by atoms with E-state index in [1.165, 1.54) is 0 Å². The number of benzene rings is 2. The Hall–Kier alpha value is -2.79. The van der Waals surface area contributed by atoms with E-state index in [1.54, 1.807) is 33.5 Å². The summed E-state index contributed by atoms with van der Waals surface area (Å²) in [4.78, 5) is 0. The number of aryl methyl sites for hydroxylation is 1. The third kappa shape index (κ3) is 4.04. The zero-order valence-corrected chi connectivity index (χ0v) is 18.4. The van der Waals surface area contributed by atoms with Crippen LogP contribution in [0.15, 0.2) is 42.6 Å². The van der Waals surface area contributed by atoms with Gasteiger partial charge in [0.25, 0.3) is 0 Å². The molecule has 0 amide bonds. The topological polar surface area (TPSA) is 55.4 Å². The number of hydrogen-bond donors (Lipinski definition) is 0. The van der Waals surface area contributed by atoms with E-state index in [-0.39, 0.29) is 24.0 Å². The molecule has 28 heavy (non-hydrogen) atoms. The van der Waals surface area contributed by atoms with Gasteiger partial charge in [-0.1, -0.05) is 12.1 Å². The van der Waals surface area contributed by atoms with Crippen molar-refractivity contribution < 1.29 is 42.8 Å². The molecule has 0 aliphatic carbocycles. The van der Waals surface area contributed by atoms with E-state index in [9.17, 15) is 0 Å². The number of nitrogens with zero attached hydrogens (tertiary/aromatic N) is 2. The maximum atomic E-state index is 8.93. The molecule has 0 saturated carbocycles. The molecule has 0 atom stereocenters. The number of aromatic nitrogens is 1. The molecule has 1 heterocycles. The molecule has 0 aliphatic heterocycles. The van der Waals surface area contributed by atoms with Gasteiger partial charge in [0.15, 0.2) is 17.7 Å². The highest BCUT2D eigenvalue weighted by Crippen LogP contribution is 2.44. The van der Waals surface area contributed by atoms with Crippen LogP contribution in [-0.4, -0.2) is 21.3 Å². The average molecular weight is 488 g/mol. The molecular formula is C22H21IN2O3. The lowest BCUT2D eigenvalue weighted by Gasteiger charge is -2.15. The minimum Gasteiger partial charge on any atom is -1.00 e. The molecular weight excluding hydrogens is 467 g/mol. The third-order valence-corrected chi connectivity index (χ3v) is 4.45. The van der Waals surface area contributed by atoms with Crippen molar-refractivity contribution in [2.24, 2.45) is 7.05 Å². The number of rotatable bonds is 5. The van der Waals surface area contributed by atoms with Crippen LogP contribution in [0.1, 0.15) is 16.8 Å². The van der Waals surface area contributed by atoms with Gasteiger partial charge in [0.2, 0.25) is 11.4 Å². The van der Waals surface area contributed by atoms with Crippen LogP contribution in [0, 0.1) is 11.3 Å². The quantitative estimate of drug-likeness (QED) is 0.393. The summed E-state index contributed by atoms with van der Waals surface area (Å²) < 4.78 is 18.7. The summed E-state index contributed by atoms with van der Waals surface area (Å²) in [5.41, 5.74) is 2.61. The fraction of sp³-hybridized carbons (Fsp3) is 0.182. The highest BCUT2D eigenvalue weighted by Gasteiger charge is 2.22. The van der Waals surface area contributed by atoms with Crippen LogP contribution in [0.5, 0.6) is 17.2 Å². The first-order valence-corrected chi connectivity index (χ1v) is 8.42. The molecule has 144 valence electrons. The van der Waals surface area contributed by atoms with Gasteiger partial charge in [-0.15, -0.1) is 0 Å². The summed E-state index contributed by atoms with van der Waals surface area (Å²) in [6.45, 7) is 0. The highest BCUT2D eigenvalue weighted by atomic mass is 127. The van der Waals surface area contributed by atoms with Gasteiger partial charge < -0.3 is 38.2 Å². The minimum atomic E-state index is 0. The second kappa shape index (κ2) is 9.42. The Labute approximate surface area is 181 Å². The van der Waals surface area contributed by atoms with Crippen LogP contribution >= 0.6 is 0 Å². The molecule has 0 unspecified atom stereocenters. The first kappa shape index (κ1) is 21.5. The second-order valence-corrected chi connectivity index (χ2v) is 5.99. The summed E-state index contributed by atoms with van der Waals surface area (Å²) in [6.07, 6.45) is 6.02. The molecule has 0 fully saturated rings. The summed E-state index contributed by atoms with van der Waals surface area (Å²) in [7, 11) is 6.81. The number of hydrogen-bond acceptors (Lipinski definition) is 4. The largest absolute Gasteiger partial charge is 1.00 e. The van der Waals surface area contributed by atoms with Gasteiger partial charge in [0.1, 0.15) is 7.05 Å². The molecule has 0 aliphatic rings. The molecule has 0 radical (unpaired) electrons. The number of fused-ring (bicyclic) bond motifs is 1. The number of methoxy groups -OCH3 is 3. The summed E-state index contributed by atoms with van der Waals surface area (Å²) in [5.74, 6) is 1.81. The fourth-order valence-corrected chi connectivity index (χ4v) is 3.06. The number of ether oxygens (including phenoxy) is 3. The Kier molecular flexibility index (Phi) is 7.24. The average Bonchev–Trinajstić information content (AvgIpc) is 2.71. The van der Waals surface area contributed by atoms with Crippen LogP contribution in [0.2, 0.25) is 0 Å². The van der Waals surface area contributed by atoms with E-state index in [1.807, 2.05) is 54.2 Å². The molecule has 3 rings (SSSR count). The predicted molar refractivity (Wildman–Crippen MR) is 105 cm³/mol. The van der Waals surface area contributed by atoms with Crippen molar-refractivity contribution in [1.29, 1.82) is 5.26 Å². The van der Waals surface area contributed by atoms with Gasteiger partial charge in [-0.3, -0.25) is 0 Å². The Balaban J connectivity index is 0.00000280. The van der Waals surface area contributed by atoms with Crippen LogP contribution < -0.4 is 42.8 Å². The molecule has 0 bridgehead atoms. The van der Waals surface area contributed by atoms with Crippen LogP contribution in [0.25, 0.3) is 22.9 Å². The Morgan fingerprint density at radius 2 is 1.61 bits per heavy atom. The van der Waals surface area contributed by atoms with E-state index in [0.29, 0.717) is 22.8 Å². The lowest BCUT2D eigenvalue weighted by Crippen LogP contribution is -3.00. The number of pyridine rings is 1. The highest BCUT2D eigenvalue weighted by molar-refractivity contribution is 5.98. The van der Waals surface area contributed by atoms with Gasteiger partial charge in [0.05, 0.1) is 38.3 Å². The van der Waals surface area contributed by atoms with Crippen molar-refractivity contribution in [1.82, 2.24) is 0 Å². The van der Waals surface area contributed by atoms with Crippen molar-refractivity contribution in [3.8, 4) is 23.3 Å². The summed E-state index contributed by atoms with van der Waals surface area (Å²) in [5, 5.41) is 10.9. The predicted octanol–water partition coefficient (Wildman–Crippen LogP) is 0.736. The normalized spacial score (nSPS) is 10.4. The van der Waals surface area contributed by atoms with Gasteiger partial charge >= 0.3 is 0 Å². The van der Waals surface area contributed by atoms with Gasteiger partial charge in [0, 0.05) is 17.5 Å². The standard InChI is InChI=1S/C22H21N2O3.HI/c1-24-12-11-17-13-19(25-2)21(26-3)22(27-4)20(17)18(24)10-9-15-5-7-16(14-23)8-6-15;/h5-13H,1-4H3;1H/q+1;/p-1. The minimum absolute atomic E-state index is 0. The zero-order valence-electron chi connectivity index (χ0n) is 16.2. The Morgan fingerprint density at radius 3 is 2.18 bits per heavy atom. The Bertz CT molecular complexity index is 1050. The summed E-state index contributed by atoms with van der Waals surface area (Å²) in [6, 6.07) is 13.5. The van der Waals surface area contributed by atoms with Gasteiger partial charge in [-0.05, 0) is 29.8 Å². The van der Waals surface area contributed by atoms with Crippen LogP contribution in [-0.2, 0) is 7.05 Å². The molecule has 0 N–H and O–H groups in total. The van der Waals surface area contributed by atoms with Gasteiger partial charge in [-0.2, -0.15) is 5.26 Å². The van der Waals surface area contributed by atoms with Crippen molar-refractivity contribution in [2.75, 3.05) is 21.3 Å². The zero-order chi connectivity index (χ0) is 19.4. The fourth-order valence-electron chi connectivity index (χ4n) is 3.06. The molecule has 0 spiro atoms. The Morgan fingerprint density at radius 1 is 0.929 bits per heavy atom. The van der Waals surface area contributed by atoms with E-state index < -0.39 is 0 Å². The molecule has 2 aromatic carbocycles. The lowest BCUT2D eigenvalue weighted by atomic mass is 10.0. The smallest absolute Gasteiger partial charge is 0.216 e.